The Hall–Kier alpha value is -6.78. The van der Waals surface area contributed by atoms with E-state index in [4.69, 9.17) is 0 Å². The van der Waals surface area contributed by atoms with Crippen LogP contribution in [0.25, 0.3) is 101 Å². The number of aromatic nitrogens is 1. The SMILES string of the molecule is c1ccc2c(c1)-c1ccccc1C21c2ccccc2-n2c3ccc(-c4cccc5c4sc4ccccc45)cc3c3cc(-c4cccc5c4sc4ccccc45)cc1c32. The zero-order valence-corrected chi connectivity index (χ0v) is 32.8. The molecule has 0 unspecified atom stereocenters. The van der Waals surface area contributed by atoms with Crippen molar-refractivity contribution in [1.29, 1.82) is 0 Å². The van der Waals surface area contributed by atoms with E-state index in [0.717, 1.165) is 0 Å². The first-order chi connectivity index (χ1) is 28.8. The fourth-order valence-corrected chi connectivity index (χ4v) is 13.4. The second kappa shape index (κ2) is 11.2. The van der Waals surface area contributed by atoms with Gasteiger partial charge in [-0.25, -0.2) is 0 Å². The van der Waals surface area contributed by atoms with Crippen LogP contribution in [0, 0.1) is 0 Å². The zero-order chi connectivity index (χ0) is 37.7. The van der Waals surface area contributed by atoms with Crippen molar-refractivity contribution in [1.82, 2.24) is 4.57 Å². The lowest BCUT2D eigenvalue weighted by Gasteiger charge is -2.39. The molecule has 4 heterocycles. The highest BCUT2D eigenvalue weighted by Gasteiger charge is 2.51. The minimum absolute atomic E-state index is 0.498. The predicted molar refractivity (Wildman–Crippen MR) is 248 cm³/mol. The van der Waals surface area contributed by atoms with Crippen molar-refractivity contribution in [2.24, 2.45) is 0 Å². The molecule has 0 N–H and O–H groups in total. The molecule has 1 spiro atoms. The number of benzene rings is 9. The van der Waals surface area contributed by atoms with Gasteiger partial charge in [-0.3, -0.25) is 0 Å². The largest absolute Gasteiger partial charge is 0.309 e. The molecule has 0 amide bonds. The van der Waals surface area contributed by atoms with Gasteiger partial charge in [0.2, 0.25) is 0 Å². The van der Waals surface area contributed by atoms with Crippen LogP contribution in [0.3, 0.4) is 0 Å². The van der Waals surface area contributed by atoms with Crippen molar-refractivity contribution in [2.45, 2.75) is 5.41 Å². The van der Waals surface area contributed by atoms with E-state index in [9.17, 15) is 0 Å². The number of para-hydroxylation sites is 1. The quantitative estimate of drug-likeness (QED) is 0.165. The fraction of sp³-hybridized carbons (Fsp3) is 0.0182. The summed E-state index contributed by atoms with van der Waals surface area (Å²) in [5.41, 5.74) is 16.4. The van der Waals surface area contributed by atoms with E-state index in [1.54, 1.807) is 0 Å². The predicted octanol–water partition coefficient (Wildman–Crippen LogP) is 15.5. The fourth-order valence-electron chi connectivity index (χ4n) is 10.9. The van der Waals surface area contributed by atoms with Crippen molar-refractivity contribution in [2.75, 3.05) is 0 Å². The summed E-state index contributed by atoms with van der Waals surface area (Å²) >= 11 is 3.82. The molecule has 0 bridgehead atoms. The Balaban J connectivity index is 1.16. The Morgan fingerprint density at radius 2 is 0.862 bits per heavy atom. The Morgan fingerprint density at radius 3 is 1.53 bits per heavy atom. The Morgan fingerprint density at radius 1 is 0.345 bits per heavy atom. The van der Waals surface area contributed by atoms with Crippen LogP contribution in [0.2, 0.25) is 0 Å². The molecule has 0 fully saturated rings. The summed E-state index contributed by atoms with van der Waals surface area (Å²) in [5, 5.41) is 7.88. The Labute approximate surface area is 342 Å². The average Bonchev–Trinajstić information content (AvgIpc) is 4.03. The number of fused-ring (bicyclic) bond motifs is 18. The first kappa shape index (κ1) is 31.3. The molecule has 58 heavy (non-hydrogen) atoms. The second-order valence-corrected chi connectivity index (χ2v) is 18.0. The van der Waals surface area contributed by atoms with E-state index in [2.05, 4.69) is 193 Å². The highest BCUT2D eigenvalue weighted by molar-refractivity contribution is 7.26. The molecule has 0 atom stereocenters. The van der Waals surface area contributed by atoms with Gasteiger partial charge in [0.05, 0.1) is 22.1 Å². The normalized spacial score (nSPS) is 13.7. The van der Waals surface area contributed by atoms with Gasteiger partial charge in [0, 0.05) is 51.1 Å². The van der Waals surface area contributed by atoms with E-state index in [0.29, 0.717) is 0 Å². The molecule has 1 aliphatic heterocycles. The molecule has 0 saturated heterocycles. The van der Waals surface area contributed by atoms with Crippen LogP contribution in [0.5, 0.6) is 0 Å². The van der Waals surface area contributed by atoms with Gasteiger partial charge < -0.3 is 4.57 Å². The zero-order valence-electron chi connectivity index (χ0n) is 31.2. The summed E-state index contributed by atoms with van der Waals surface area (Å²) in [5.74, 6) is 0. The summed E-state index contributed by atoms with van der Waals surface area (Å²) in [6.45, 7) is 0. The lowest BCUT2D eigenvalue weighted by Crippen LogP contribution is -2.33. The van der Waals surface area contributed by atoms with Crippen molar-refractivity contribution in [3.05, 3.63) is 210 Å². The smallest absolute Gasteiger partial charge is 0.0754 e. The maximum Gasteiger partial charge on any atom is 0.0754 e. The van der Waals surface area contributed by atoms with Gasteiger partial charge in [0.25, 0.3) is 0 Å². The molecular formula is C55H31NS2. The average molecular weight is 770 g/mol. The molecular weight excluding hydrogens is 739 g/mol. The van der Waals surface area contributed by atoms with Crippen molar-refractivity contribution in [3.8, 4) is 39.1 Å². The van der Waals surface area contributed by atoms with Crippen LogP contribution in [-0.2, 0) is 5.41 Å². The van der Waals surface area contributed by atoms with Crippen LogP contribution in [0.4, 0.5) is 0 Å². The third kappa shape index (κ3) is 3.81. The Kier molecular flexibility index (Phi) is 6.05. The molecule has 1 aliphatic carbocycles. The molecule has 3 heteroatoms. The summed E-state index contributed by atoms with van der Waals surface area (Å²) < 4.78 is 7.92. The molecule has 3 aromatic heterocycles. The molecule has 2 aliphatic rings. The highest BCUT2D eigenvalue weighted by Crippen LogP contribution is 2.62. The number of thiophene rings is 2. The van der Waals surface area contributed by atoms with Gasteiger partial charge in [-0.15, -0.1) is 22.7 Å². The van der Waals surface area contributed by atoms with Gasteiger partial charge in [0.15, 0.2) is 0 Å². The van der Waals surface area contributed by atoms with Gasteiger partial charge in [-0.2, -0.15) is 0 Å². The first-order valence-corrected chi connectivity index (χ1v) is 21.6. The standard InChI is InChI=1S/C55H31NS2/c1-5-21-44-36(13-1)37-14-2-6-22-45(37)55(44)46-23-7-8-24-49(46)56-48-28-27-32(34-17-11-19-40-38-15-3-9-25-50(38)57-53(34)40)29-42(48)43-30-33(31-47(55)52(43)56)35-18-12-20-41-39-16-4-10-26-51(39)58-54(35)41/h1-31H. The first-order valence-electron chi connectivity index (χ1n) is 20.0. The molecule has 1 nitrogen and oxygen atoms in total. The van der Waals surface area contributed by atoms with Crippen LogP contribution >= 0.6 is 22.7 Å². The van der Waals surface area contributed by atoms with Crippen LogP contribution in [-0.4, -0.2) is 4.57 Å². The monoisotopic (exact) mass is 769 g/mol. The van der Waals surface area contributed by atoms with Gasteiger partial charge in [-0.1, -0.05) is 146 Å². The van der Waals surface area contributed by atoms with Gasteiger partial charge in [-0.05, 0) is 98.1 Å². The minimum atomic E-state index is -0.498. The second-order valence-electron chi connectivity index (χ2n) is 15.9. The van der Waals surface area contributed by atoms with Crippen molar-refractivity contribution < 1.29 is 0 Å². The highest BCUT2D eigenvalue weighted by atomic mass is 32.1. The van der Waals surface area contributed by atoms with Gasteiger partial charge >= 0.3 is 0 Å². The number of rotatable bonds is 2. The number of hydrogen-bond donors (Lipinski definition) is 0. The lowest BCUT2D eigenvalue weighted by atomic mass is 9.65. The molecule has 0 saturated carbocycles. The summed E-state index contributed by atoms with van der Waals surface area (Å²) in [6.07, 6.45) is 0. The van der Waals surface area contributed by atoms with Crippen LogP contribution in [0.1, 0.15) is 22.3 Å². The van der Waals surface area contributed by atoms with Crippen LogP contribution < -0.4 is 0 Å². The van der Waals surface area contributed by atoms with E-state index in [1.807, 2.05) is 22.7 Å². The summed E-state index contributed by atoms with van der Waals surface area (Å²) in [7, 11) is 0. The van der Waals surface area contributed by atoms with E-state index in [1.165, 1.54) is 123 Å². The van der Waals surface area contributed by atoms with E-state index >= 15 is 0 Å². The summed E-state index contributed by atoms with van der Waals surface area (Å²) in [4.78, 5) is 0. The van der Waals surface area contributed by atoms with Crippen molar-refractivity contribution in [3.63, 3.8) is 0 Å². The third-order valence-electron chi connectivity index (χ3n) is 13.2. The number of nitrogens with zero attached hydrogens (tertiary/aromatic N) is 1. The lowest BCUT2D eigenvalue weighted by molar-refractivity contribution is 0.749. The molecule has 14 rings (SSSR count). The molecule has 0 radical (unpaired) electrons. The van der Waals surface area contributed by atoms with Gasteiger partial charge in [0.1, 0.15) is 0 Å². The van der Waals surface area contributed by atoms with Crippen molar-refractivity contribution >= 4 is 84.8 Å². The topological polar surface area (TPSA) is 4.93 Å². The maximum atomic E-state index is 2.58. The molecule has 268 valence electrons. The van der Waals surface area contributed by atoms with E-state index < -0.39 is 5.41 Å². The maximum absolute atomic E-state index is 2.58. The Bertz CT molecular complexity index is 3710. The van der Waals surface area contributed by atoms with E-state index in [-0.39, 0.29) is 0 Å². The molecule has 12 aromatic rings. The van der Waals surface area contributed by atoms with Crippen LogP contribution in [0.15, 0.2) is 188 Å². The molecule has 9 aromatic carbocycles. The number of hydrogen-bond acceptors (Lipinski definition) is 2. The summed E-state index contributed by atoms with van der Waals surface area (Å²) in [6, 6.07) is 71.2. The minimum Gasteiger partial charge on any atom is -0.309 e. The third-order valence-corrected chi connectivity index (χ3v) is 15.6.